The summed E-state index contributed by atoms with van der Waals surface area (Å²) in [5.74, 6) is -0.665. The molecule has 0 aliphatic heterocycles. The number of phenolic OH excluding ortho intramolecular Hbond substituents is 1. The lowest BCUT2D eigenvalue weighted by Gasteiger charge is -2.09. The Labute approximate surface area is 120 Å². The quantitative estimate of drug-likeness (QED) is 0.783. The average molecular weight is 279 g/mol. The maximum absolute atomic E-state index is 13.1. The van der Waals surface area contributed by atoms with Crippen LogP contribution in [-0.2, 0) is 0 Å². The maximum Gasteiger partial charge on any atom is 0.127 e. The summed E-state index contributed by atoms with van der Waals surface area (Å²) in [4.78, 5) is 0. The van der Waals surface area contributed by atoms with Gasteiger partial charge >= 0.3 is 0 Å². The molecule has 21 heavy (non-hydrogen) atoms. The second-order valence-electron chi connectivity index (χ2n) is 4.45. The highest BCUT2D eigenvalue weighted by atomic mass is 19.1. The molecular formula is C16H10FN3O. The number of hydrogen-bond acceptors (Lipinski definition) is 3. The molecule has 1 N–H and O–H groups in total. The van der Waals surface area contributed by atoms with Gasteiger partial charge in [-0.25, -0.2) is 9.07 Å². The summed E-state index contributed by atoms with van der Waals surface area (Å²) >= 11 is 0. The maximum atomic E-state index is 13.1. The van der Waals surface area contributed by atoms with Crippen molar-refractivity contribution in [2.45, 2.75) is 0 Å². The number of aromatic hydroxyl groups is 1. The van der Waals surface area contributed by atoms with E-state index < -0.39 is 5.82 Å². The monoisotopic (exact) mass is 279 g/mol. The van der Waals surface area contributed by atoms with Gasteiger partial charge in [-0.1, -0.05) is 6.07 Å². The fourth-order valence-corrected chi connectivity index (χ4v) is 2.14. The molecule has 1 heterocycles. The summed E-state index contributed by atoms with van der Waals surface area (Å²) in [6, 6.07) is 14.5. The van der Waals surface area contributed by atoms with Gasteiger partial charge in [0.25, 0.3) is 0 Å². The Bertz CT molecular complexity index is 849. The molecule has 0 saturated heterocycles. The Hall–Kier alpha value is -3.13. The van der Waals surface area contributed by atoms with Gasteiger partial charge in [0, 0.05) is 11.6 Å². The van der Waals surface area contributed by atoms with Gasteiger partial charge < -0.3 is 5.11 Å². The van der Waals surface area contributed by atoms with E-state index in [0.29, 0.717) is 22.5 Å². The van der Waals surface area contributed by atoms with Crippen LogP contribution in [0.2, 0.25) is 0 Å². The van der Waals surface area contributed by atoms with E-state index in [0.717, 1.165) is 6.07 Å². The van der Waals surface area contributed by atoms with E-state index in [-0.39, 0.29) is 5.75 Å². The molecule has 102 valence electrons. The molecule has 3 aromatic rings. The highest BCUT2D eigenvalue weighted by molar-refractivity contribution is 5.68. The molecule has 4 nitrogen and oxygen atoms in total. The minimum Gasteiger partial charge on any atom is -0.507 e. The van der Waals surface area contributed by atoms with Crippen LogP contribution in [-0.4, -0.2) is 14.9 Å². The summed E-state index contributed by atoms with van der Waals surface area (Å²) in [6.45, 7) is 0. The Morgan fingerprint density at radius 3 is 2.76 bits per heavy atom. The molecule has 0 atom stereocenters. The Morgan fingerprint density at radius 1 is 1.14 bits per heavy atom. The summed E-state index contributed by atoms with van der Waals surface area (Å²) < 4.78 is 14.7. The molecule has 2 aromatic carbocycles. The summed E-state index contributed by atoms with van der Waals surface area (Å²) in [6.07, 6.45) is 1.58. The zero-order valence-corrected chi connectivity index (χ0v) is 10.9. The zero-order chi connectivity index (χ0) is 14.8. The SMILES string of the molecule is N#Cc1cccc(-n2nccc2-c2ccc(F)cc2O)c1. The molecule has 0 aliphatic rings. The van der Waals surface area contributed by atoms with Crippen molar-refractivity contribution in [2.75, 3.05) is 0 Å². The van der Waals surface area contributed by atoms with Crippen LogP contribution in [0.3, 0.4) is 0 Å². The summed E-state index contributed by atoms with van der Waals surface area (Å²) in [7, 11) is 0. The van der Waals surface area contributed by atoms with Gasteiger partial charge in [0.2, 0.25) is 0 Å². The normalized spacial score (nSPS) is 10.3. The van der Waals surface area contributed by atoms with Gasteiger partial charge in [0.1, 0.15) is 11.6 Å². The van der Waals surface area contributed by atoms with Crippen LogP contribution in [0.5, 0.6) is 5.75 Å². The van der Waals surface area contributed by atoms with Crippen molar-refractivity contribution in [1.29, 1.82) is 5.26 Å². The summed E-state index contributed by atoms with van der Waals surface area (Å²) in [5, 5.41) is 23.1. The molecule has 0 radical (unpaired) electrons. The number of rotatable bonds is 2. The van der Waals surface area contributed by atoms with Crippen molar-refractivity contribution < 1.29 is 9.50 Å². The van der Waals surface area contributed by atoms with Crippen LogP contribution < -0.4 is 0 Å². The number of halogens is 1. The number of nitrogens with zero attached hydrogens (tertiary/aromatic N) is 3. The number of hydrogen-bond donors (Lipinski definition) is 1. The highest BCUT2D eigenvalue weighted by Crippen LogP contribution is 2.30. The number of nitriles is 1. The Morgan fingerprint density at radius 2 is 2.00 bits per heavy atom. The lowest BCUT2D eigenvalue weighted by molar-refractivity contribution is 0.470. The number of phenols is 1. The molecule has 0 spiro atoms. The van der Waals surface area contributed by atoms with Crippen LogP contribution in [0.4, 0.5) is 4.39 Å². The molecule has 0 fully saturated rings. The first-order valence-electron chi connectivity index (χ1n) is 6.22. The fraction of sp³-hybridized carbons (Fsp3) is 0. The van der Waals surface area contributed by atoms with E-state index in [1.54, 1.807) is 41.2 Å². The smallest absolute Gasteiger partial charge is 0.127 e. The van der Waals surface area contributed by atoms with Crippen LogP contribution >= 0.6 is 0 Å². The molecular weight excluding hydrogens is 269 g/mol. The van der Waals surface area contributed by atoms with Crippen molar-refractivity contribution in [3.63, 3.8) is 0 Å². The zero-order valence-electron chi connectivity index (χ0n) is 10.9. The van der Waals surface area contributed by atoms with Gasteiger partial charge in [-0.15, -0.1) is 0 Å². The van der Waals surface area contributed by atoms with Crippen LogP contribution in [0, 0.1) is 17.1 Å². The standard InChI is InChI=1S/C16H10FN3O/c17-12-4-5-14(16(21)9-12)15-6-7-19-20(15)13-3-1-2-11(8-13)10-18/h1-9,21H. The molecule has 5 heteroatoms. The van der Waals surface area contributed by atoms with E-state index in [9.17, 15) is 9.50 Å². The van der Waals surface area contributed by atoms with Crippen LogP contribution in [0.25, 0.3) is 16.9 Å². The van der Waals surface area contributed by atoms with Gasteiger partial charge in [-0.3, -0.25) is 0 Å². The average Bonchev–Trinajstić information content (AvgIpc) is 2.96. The lowest BCUT2D eigenvalue weighted by atomic mass is 10.1. The molecule has 1 aromatic heterocycles. The molecule has 0 saturated carbocycles. The first-order valence-corrected chi connectivity index (χ1v) is 6.22. The van der Waals surface area contributed by atoms with Gasteiger partial charge in [-0.05, 0) is 36.4 Å². The van der Waals surface area contributed by atoms with Crippen molar-refractivity contribution >= 4 is 0 Å². The fourth-order valence-electron chi connectivity index (χ4n) is 2.14. The highest BCUT2D eigenvalue weighted by Gasteiger charge is 2.12. The predicted octanol–water partition coefficient (Wildman–Crippen LogP) is 3.26. The molecule has 0 aliphatic carbocycles. The first-order chi connectivity index (χ1) is 10.2. The summed E-state index contributed by atoms with van der Waals surface area (Å²) in [5.41, 5.74) is 2.29. The van der Waals surface area contributed by atoms with Gasteiger partial charge in [-0.2, -0.15) is 10.4 Å². The Balaban J connectivity index is 2.15. The first kappa shape index (κ1) is 12.9. The van der Waals surface area contributed by atoms with Crippen molar-refractivity contribution in [3.05, 3.63) is 66.1 Å². The third-order valence-electron chi connectivity index (χ3n) is 3.10. The number of benzene rings is 2. The Kier molecular flexibility index (Phi) is 3.13. The van der Waals surface area contributed by atoms with Crippen molar-refractivity contribution in [1.82, 2.24) is 9.78 Å². The van der Waals surface area contributed by atoms with E-state index >= 15 is 0 Å². The van der Waals surface area contributed by atoms with E-state index in [2.05, 4.69) is 11.2 Å². The topological polar surface area (TPSA) is 61.8 Å². The second-order valence-corrected chi connectivity index (χ2v) is 4.45. The van der Waals surface area contributed by atoms with Crippen LogP contribution in [0.1, 0.15) is 5.56 Å². The van der Waals surface area contributed by atoms with Crippen LogP contribution in [0.15, 0.2) is 54.7 Å². The van der Waals surface area contributed by atoms with Gasteiger partial charge in [0.15, 0.2) is 0 Å². The van der Waals surface area contributed by atoms with Crippen molar-refractivity contribution in [3.8, 4) is 28.8 Å². The third-order valence-corrected chi connectivity index (χ3v) is 3.10. The minimum atomic E-state index is -0.506. The predicted molar refractivity (Wildman–Crippen MR) is 75.3 cm³/mol. The third kappa shape index (κ3) is 2.35. The van der Waals surface area contributed by atoms with Gasteiger partial charge in [0.05, 0.1) is 29.2 Å². The van der Waals surface area contributed by atoms with E-state index in [4.69, 9.17) is 5.26 Å². The number of aromatic nitrogens is 2. The molecule has 3 rings (SSSR count). The second kappa shape index (κ2) is 5.10. The largest absolute Gasteiger partial charge is 0.507 e. The van der Waals surface area contributed by atoms with Crippen molar-refractivity contribution in [2.24, 2.45) is 0 Å². The molecule has 0 bridgehead atoms. The molecule has 0 amide bonds. The minimum absolute atomic E-state index is 0.159. The van der Waals surface area contributed by atoms with E-state index in [1.165, 1.54) is 12.1 Å². The van der Waals surface area contributed by atoms with E-state index in [1.807, 2.05) is 0 Å². The lowest BCUT2D eigenvalue weighted by Crippen LogP contribution is -1.99. The molecule has 0 unspecified atom stereocenters.